The minimum atomic E-state index is 0.227. The van der Waals surface area contributed by atoms with E-state index in [0.29, 0.717) is 18.1 Å². The number of methoxy groups -OCH3 is 1. The van der Waals surface area contributed by atoms with Gasteiger partial charge in [0.05, 0.1) is 18.4 Å². The highest BCUT2D eigenvalue weighted by molar-refractivity contribution is 5.77. The Balaban J connectivity index is 2.15. The molecule has 3 rings (SSSR count). The minimum Gasteiger partial charge on any atom is -0.454 e. The molecule has 6 heteroatoms. The van der Waals surface area contributed by atoms with Crippen LogP contribution in [0.3, 0.4) is 0 Å². The van der Waals surface area contributed by atoms with E-state index in [1.807, 2.05) is 12.1 Å². The molecule has 0 fully saturated rings. The molecule has 2 N–H and O–H groups in total. The lowest BCUT2D eigenvalue weighted by Crippen LogP contribution is -1.94. The maximum atomic E-state index is 5.74. The van der Waals surface area contributed by atoms with Crippen LogP contribution in [0.4, 0.5) is 5.88 Å². The van der Waals surface area contributed by atoms with Crippen LogP contribution in [-0.2, 0) is 11.3 Å². The van der Waals surface area contributed by atoms with Crippen molar-refractivity contribution in [2.75, 3.05) is 19.6 Å². The highest BCUT2D eigenvalue weighted by Crippen LogP contribution is 2.40. The van der Waals surface area contributed by atoms with Crippen molar-refractivity contribution in [3.8, 4) is 22.6 Å². The van der Waals surface area contributed by atoms with Gasteiger partial charge in [0.1, 0.15) is 0 Å². The first-order valence-electron chi connectivity index (χ1n) is 5.41. The van der Waals surface area contributed by atoms with Gasteiger partial charge in [0.2, 0.25) is 12.7 Å². The van der Waals surface area contributed by atoms with Crippen LogP contribution in [0.2, 0.25) is 0 Å². The molecule has 1 aromatic heterocycles. The number of ether oxygens (including phenoxy) is 3. The molecule has 0 spiro atoms. The van der Waals surface area contributed by atoms with Crippen molar-refractivity contribution in [2.24, 2.45) is 0 Å². The number of rotatable bonds is 3. The molecule has 6 nitrogen and oxygen atoms in total. The lowest BCUT2D eigenvalue weighted by Gasteiger charge is -2.09. The number of fused-ring (bicyclic) bond motifs is 1. The van der Waals surface area contributed by atoms with E-state index < -0.39 is 0 Å². The molecule has 18 heavy (non-hydrogen) atoms. The summed E-state index contributed by atoms with van der Waals surface area (Å²) in [7, 11) is 1.63. The topological polar surface area (TPSA) is 79.7 Å². The summed E-state index contributed by atoms with van der Waals surface area (Å²) in [5.74, 6) is 1.66. The predicted molar refractivity (Wildman–Crippen MR) is 63.2 cm³/mol. The van der Waals surface area contributed by atoms with Gasteiger partial charge in [-0.05, 0) is 23.3 Å². The zero-order chi connectivity index (χ0) is 12.5. The summed E-state index contributed by atoms with van der Waals surface area (Å²) in [6.45, 7) is 0.668. The van der Waals surface area contributed by atoms with Gasteiger partial charge in [-0.2, -0.15) is 0 Å². The van der Waals surface area contributed by atoms with Gasteiger partial charge in [0.15, 0.2) is 11.5 Å². The van der Waals surface area contributed by atoms with Gasteiger partial charge < -0.3 is 24.5 Å². The first-order valence-corrected chi connectivity index (χ1v) is 5.41. The molecule has 0 amide bonds. The molecule has 2 aromatic rings. The average molecular weight is 248 g/mol. The zero-order valence-corrected chi connectivity index (χ0v) is 9.80. The highest BCUT2D eigenvalue weighted by atomic mass is 16.7. The van der Waals surface area contributed by atoms with E-state index in [-0.39, 0.29) is 12.7 Å². The highest BCUT2D eigenvalue weighted by Gasteiger charge is 2.20. The molecule has 1 aliphatic heterocycles. The molecule has 0 aliphatic carbocycles. The molecular formula is C12H12N2O4. The van der Waals surface area contributed by atoms with Gasteiger partial charge in [-0.25, -0.2) is 0 Å². The summed E-state index contributed by atoms with van der Waals surface area (Å²) in [6.07, 6.45) is 1.58. The number of hydrogen-bond donors (Lipinski definition) is 1. The third-order valence-corrected chi connectivity index (χ3v) is 2.79. The maximum Gasteiger partial charge on any atom is 0.231 e. The first kappa shape index (κ1) is 10.9. The number of benzene rings is 1. The summed E-state index contributed by atoms with van der Waals surface area (Å²) in [5.41, 5.74) is 8.28. The molecule has 1 aromatic carbocycles. The van der Waals surface area contributed by atoms with Gasteiger partial charge >= 0.3 is 0 Å². The molecule has 0 saturated heterocycles. The van der Waals surface area contributed by atoms with Crippen molar-refractivity contribution in [1.29, 1.82) is 0 Å². The fraction of sp³-hybridized carbons (Fsp3) is 0.250. The molecular weight excluding hydrogens is 236 g/mol. The smallest absolute Gasteiger partial charge is 0.231 e. The number of aromatic nitrogens is 1. The van der Waals surface area contributed by atoms with Crippen molar-refractivity contribution >= 4 is 5.88 Å². The molecule has 1 aliphatic rings. The van der Waals surface area contributed by atoms with E-state index in [9.17, 15) is 0 Å². The molecule has 0 atom stereocenters. The summed E-state index contributed by atoms with van der Waals surface area (Å²) in [6, 6.07) is 3.74. The lowest BCUT2D eigenvalue weighted by molar-refractivity contribution is 0.173. The van der Waals surface area contributed by atoms with Gasteiger partial charge in [-0.15, -0.1) is 0 Å². The van der Waals surface area contributed by atoms with Crippen LogP contribution < -0.4 is 15.2 Å². The molecule has 94 valence electrons. The van der Waals surface area contributed by atoms with Crippen LogP contribution in [0.5, 0.6) is 11.5 Å². The van der Waals surface area contributed by atoms with Crippen LogP contribution in [0.1, 0.15) is 5.56 Å². The number of hydrogen-bond acceptors (Lipinski definition) is 6. The Hall–Kier alpha value is -2.21. The second kappa shape index (κ2) is 4.23. The van der Waals surface area contributed by atoms with Crippen molar-refractivity contribution in [3.05, 3.63) is 23.9 Å². The summed E-state index contributed by atoms with van der Waals surface area (Å²) in [4.78, 5) is 0. The maximum absolute atomic E-state index is 5.74. The first-order chi connectivity index (χ1) is 8.79. The quantitative estimate of drug-likeness (QED) is 0.892. The Morgan fingerprint density at radius 1 is 1.28 bits per heavy atom. The SMILES string of the molecule is COCc1cc2c(cc1-c1cnoc1N)OCO2. The van der Waals surface area contributed by atoms with Gasteiger partial charge in [-0.3, -0.25) is 0 Å². The minimum absolute atomic E-state index is 0.227. The number of nitrogens with two attached hydrogens (primary N) is 1. The largest absolute Gasteiger partial charge is 0.454 e. The van der Waals surface area contributed by atoms with E-state index in [1.165, 1.54) is 0 Å². The van der Waals surface area contributed by atoms with Gasteiger partial charge in [0, 0.05) is 7.11 Å². The Labute approximate surface area is 103 Å². The lowest BCUT2D eigenvalue weighted by atomic mass is 10.0. The Kier molecular flexibility index (Phi) is 2.56. The summed E-state index contributed by atoms with van der Waals surface area (Å²) >= 11 is 0. The van der Waals surface area contributed by atoms with Gasteiger partial charge in [-0.1, -0.05) is 5.16 Å². The van der Waals surface area contributed by atoms with Crippen molar-refractivity contribution in [1.82, 2.24) is 5.16 Å². The fourth-order valence-corrected chi connectivity index (χ4v) is 1.96. The number of anilines is 1. The van der Waals surface area contributed by atoms with Crippen LogP contribution in [0.25, 0.3) is 11.1 Å². The summed E-state index contributed by atoms with van der Waals surface area (Å²) in [5, 5.41) is 3.68. The Morgan fingerprint density at radius 3 is 2.72 bits per heavy atom. The second-order valence-corrected chi connectivity index (χ2v) is 3.90. The third kappa shape index (κ3) is 1.67. The van der Waals surface area contributed by atoms with Crippen molar-refractivity contribution in [2.45, 2.75) is 6.61 Å². The van der Waals surface area contributed by atoms with Crippen molar-refractivity contribution in [3.63, 3.8) is 0 Å². The average Bonchev–Trinajstić information content (AvgIpc) is 2.96. The Morgan fingerprint density at radius 2 is 2.06 bits per heavy atom. The second-order valence-electron chi connectivity index (χ2n) is 3.90. The van der Waals surface area contributed by atoms with E-state index in [4.69, 9.17) is 24.5 Å². The van der Waals surface area contributed by atoms with Crippen LogP contribution in [0, 0.1) is 0 Å². The standard InChI is InChI=1S/C12H12N2O4/c1-15-5-7-2-10-11(17-6-16-10)3-8(7)9-4-14-18-12(9)13/h2-4H,5-6,13H2,1H3. The number of nitrogens with zero attached hydrogens (tertiary/aromatic N) is 1. The van der Waals surface area contributed by atoms with E-state index in [2.05, 4.69) is 5.16 Å². The molecule has 0 saturated carbocycles. The predicted octanol–water partition coefficient (Wildman–Crippen LogP) is 1.80. The van der Waals surface area contributed by atoms with E-state index in [1.54, 1.807) is 13.3 Å². The van der Waals surface area contributed by atoms with Gasteiger partial charge in [0.25, 0.3) is 0 Å². The molecule has 0 bridgehead atoms. The van der Waals surface area contributed by atoms with Crippen LogP contribution in [0.15, 0.2) is 22.9 Å². The fourth-order valence-electron chi connectivity index (χ4n) is 1.96. The van der Waals surface area contributed by atoms with Crippen LogP contribution >= 0.6 is 0 Å². The monoisotopic (exact) mass is 248 g/mol. The van der Waals surface area contributed by atoms with Crippen molar-refractivity contribution < 1.29 is 18.7 Å². The van der Waals surface area contributed by atoms with E-state index in [0.717, 1.165) is 16.7 Å². The number of nitrogen functional groups attached to an aromatic ring is 1. The zero-order valence-electron chi connectivity index (χ0n) is 9.80. The normalized spacial score (nSPS) is 12.9. The molecule has 0 radical (unpaired) electrons. The molecule has 0 unspecified atom stereocenters. The molecule has 2 heterocycles. The van der Waals surface area contributed by atoms with Crippen LogP contribution in [-0.4, -0.2) is 19.1 Å². The van der Waals surface area contributed by atoms with E-state index >= 15 is 0 Å². The summed E-state index contributed by atoms with van der Waals surface area (Å²) < 4.78 is 20.8. The third-order valence-electron chi connectivity index (χ3n) is 2.79. The Bertz CT molecular complexity index is 579.